The second-order valence-electron chi connectivity index (χ2n) is 4.22. The van der Waals surface area contributed by atoms with Crippen LogP contribution in [0.1, 0.15) is 35.0 Å². The molecule has 0 N–H and O–H groups in total. The van der Waals surface area contributed by atoms with Crippen LogP contribution in [0.3, 0.4) is 0 Å². The molecule has 1 aromatic heterocycles. The van der Waals surface area contributed by atoms with Gasteiger partial charge in [-0.1, -0.05) is 48.9 Å². The van der Waals surface area contributed by atoms with E-state index in [2.05, 4.69) is 13.8 Å². The Kier molecular flexibility index (Phi) is 3.68. The summed E-state index contributed by atoms with van der Waals surface area (Å²) in [5.41, 5.74) is 1.87. The molecule has 0 unspecified atom stereocenters. The Morgan fingerprint density at radius 3 is 2.33 bits per heavy atom. The number of rotatable bonds is 3. The van der Waals surface area contributed by atoms with Crippen molar-refractivity contribution in [2.45, 2.75) is 19.8 Å². The molecule has 0 spiro atoms. The molecule has 0 fully saturated rings. The average molecular weight is 282 g/mol. The van der Waals surface area contributed by atoms with Crippen LogP contribution in [0.25, 0.3) is 5.69 Å². The van der Waals surface area contributed by atoms with Gasteiger partial charge in [-0.25, -0.2) is 0 Å². The molecule has 2 rings (SSSR count). The Bertz CT molecular complexity index is 625. The van der Waals surface area contributed by atoms with Crippen LogP contribution in [0.5, 0.6) is 0 Å². The van der Waals surface area contributed by atoms with Crippen LogP contribution in [-0.4, -0.2) is 10.9 Å². The minimum Gasteiger partial charge on any atom is -0.297 e. The maximum Gasteiger partial charge on any atom is 0.313 e. The van der Waals surface area contributed by atoms with Crippen LogP contribution in [-0.2, 0) is 0 Å². The van der Waals surface area contributed by atoms with E-state index in [9.17, 15) is 9.59 Å². The van der Waals surface area contributed by atoms with Crippen LogP contribution in [0.2, 0.25) is 5.15 Å². The van der Waals surface area contributed by atoms with Gasteiger partial charge in [0.05, 0.1) is 5.69 Å². The number of aldehydes is 1. The zero-order valence-electron chi connectivity index (χ0n) is 10.0. The number of carbonyl (C=O) groups is 1. The molecule has 3 nitrogen and oxygen atoms in total. The Morgan fingerprint density at radius 2 is 1.89 bits per heavy atom. The maximum atomic E-state index is 11.8. The SMILES string of the molecule is CC(C)c1ccc(-n2c(Cl)c(C=O)sc2=O)cc1. The number of hydrogen-bond acceptors (Lipinski definition) is 3. The van der Waals surface area contributed by atoms with E-state index in [0.717, 1.165) is 11.3 Å². The van der Waals surface area contributed by atoms with Gasteiger partial charge in [0.15, 0.2) is 6.29 Å². The maximum absolute atomic E-state index is 11.8. The number of carbonyl (C=O) groups excluding carboxylic acids is 1. The lowest BCUT2D eigenvalue weighted by atomic mass is 10.0. The van der Waals surface area contributed by atoms with Gasteiger partial charge in [-0.15, -0.1) is 0 Å². The second kappa shape index (κ2) is 5.08. The van der Waals surface area contributed by atoms with Crippen molar-refractivity contribution in [3.8, 4) is 5.69 Å². The standard InChI is InChI=1S/C13H12ClNO2S/c1-8(2)9-3-5-10(6-4-9)15-12(14)11(7-16)18-13(15)17/h3-8H,1-2H3. The third kappa shape index (κ3) is 2.26. The number of halogens is 1. The summed E-state index contributed by atoms with van der Waals surface area (Å²) in [5, 5.41) is 0.178. The van der Waals surface area contributed by atoms with Gasteiger partial charge in [-0.2, -0.15) is 0 Å². The zero-order valence-corrected chi connectivity index (χ0v) is 11.6. The van der Waals surface area contributed by atoms with Gasteiger partial charge in [-0.05, 0) is 23.6 Å². The predicted molar refractivity (Wildman–Crippen MR) is 74.4 cm³/mol. The van der Waals surface area contributed by atoms with E-state index in [0.29, 0.717) is 17.9 Å². The first-order valence-electron chi connectivity index (χ1n) is 5.51. The molecule has 0 radical (unpaired) electrons. The molecule has 0 aliphatic rings. The number of aromatic nitrogens is 1. The highest BCUT2D eigenvalue weighted by Crippen LogP contribution is 2.22. The molecule has 1 aromatic carbocycles. The Morgan fingerprint density at radius 1 is 1.28 bits per heavy atom. The Balaban J connectivity index is 2.52. The molecule has 0 saturated carbocycles. The van der Waals surface area contributed by atoms with Crippen LogP contribution in [0, 0.1) is 0 Å². The third-order valence-electron chi connectivity index (χ3n) is 2.70. The fourth-order valence-corrected chi connectivity index (χ4v) is 2.76. The topological polar surface area (TPSA) is 39.1 Å². The zero-order chi connectivity index (χ0) is 13.3. The normalized spacial score (nSPS) is 10.9. The van der Waals surface area contributed by atoms with Crippen molar-refractivity contribution >= 4 is 29.2 Å². The molecule has 0 amide bonds. The van der Waals surface area contributed by atoms with Crippen LogP contribution < -0.4 is 4.87 Å². The van der Waals surface area contributed by atoms with Gasteiger partial charge in [0.1, 0.15) is 10.0 Å². The van der Waals surface area contributed by atoms with E-state index in [-0.39, 0.29) is 14.9 Å². The monoisotopic (exact) mass is 281 g/mol. The van der Waals surface area contributed by atoms with Crippen molar-refractivity contribution < 1.29 is 4.79 Å². The highest BCUT2D eigenvalue weighted by molar-refractivity contribution is 7.11. The van der Waals surface area contributed by atoms with E-state index >= 15 is 0 Å². The van der Waals surface area contributed by atoms with Gasteiger partial charge >= 0.3 is 4.87 Å². The molecule has 0 bridgehead atoms. The van der Waals surface area contributed by atoms with Crippen molar-refractivity contribution in [3.05, 3.63) is 49.5 Å². The quantitative estimate of drug-likeness (QED) is 0.808. The average Bonchev–Trinajstić information content (AvgIpc) is 2.64. The predicted octanol–water partition coefficient (Wildman–Crippen LogP) is 3.49. The van der Waals surface area contributed by atoms with Crippen LogP contribution >= 0.6 is 22.9 Å². The first kappa shape index (κ1) is 13.1. The van der Waals surface area contributed by atoms with E-state index in [4.69, 9.17) is 11.6 Å². The van der Waals surface area contributed by atoms with E-state index in [1.54, 1.807) is 0 Å². The molecule has 0 aliphatic heterocycles. The van der Waals surface area contributed by atoms with E-state index in [1.807, 2.05) is 24.3 Å². The summed E-state index contributed by atoms with van der Waals surface area (Å²) in [7, 11) is 0. The molecule has 0 saturated heterocycles. The number of nitrogens with zero attached hydrogens (tertiary/aromatic N) is 1. The number of thiazole rings is 1. The van der Waals surface area contributed by atoms with E-state index < -0.39 is 0 Å². The summed E-state index contributed by atoms with van der Waals surface area (Å²) >= 11 is 6.86. The van der Waals surface area contributed by atoms with Crippen LogP contribution in [0.4, 0.5) is 0 Å². The molecule has 1 heterocycles. The minimum absolute atomic E-state index is 0.178. The Hall–Kier alpha value is -1.39. The highest BCUT2D eigenvalue weighted by atomic mass is 35.5. The third-order valence-corrected chi connectivity index (χ3v) is 4.06. The largest absolute Gasteiger partial charge is 0.313 e. The molecule has 94 valence electrons. The lowest BCUT2D eigenvalue weighted by Gasteiger charge is -2.07. The smallest absolute Gasteiger partial charge is 0.297 e. The summed E-state index contributed by atoms with van der Waals surface area (Å²) < 4.78 is 1.35. The van der Waals surface area contributed by atoms with Gasteiger partial charge in [-0.3, -0.25) is 14.2 Å². The van der Waals surface area contributed by atoms with Gasteiger partial charge < -0.3 is 0 Å². The fraction of sp³-hybridized carbons (Fsp3) is 0.231. The number of hydrogen-bond donors (Lipinski definition) is 0. The van der Waals surface area contributed by atoms with Crippen LogP contribution in [0.15, 0.2) is 29.1 Å². The molecule has 0 aliphatic carbocycles. The van der Waals surface area contributed by atoms with Crippen molar-refractivity contribution in [1.29, 1.82) is 0 Å². The van der Waals surface area contributed by atoms with Crippen molar-refractivity contribution in [3.63, 3.8) is 0 Å². The summed E-state index contributed by atoms with van der Waals surface area (Å²) in [5.74, 6) is 0.430. The molecular weight excluding hydrogens is 270 g/mol. The molecular formula is C13H12ClNO2S. The first-order chi connectivity index (χ1) is 8.54. The van der Waals surface area contributed by atoms with Gasteiger partial charge in [0, 0.05) is 0 Å². The summed E-state index contributed by atoms with van der Waals surface area (Å²) in [4.78, 5) is 22.5. The molecule has 18 heavy (non-hydrogen) atoms. The van der Waals surface area contributed by atoms with Crippen molar-refractivity contribution in [2.75, 3.05) is 0 Å². The first-order valence-corrected chi connectivity index (χ1v) is 6.71. The lowest BCUT2D eigenvalue weighted by molar-refractivity contribution is 0.112. The molecule has 2 aromatic rings. The minimum atomic E-state index is -0.251. The highest BCUT2D eigenvalue weighted by Gasteiger charge is 2.13. The lowest BCUT2D eigenvalue weighted by Crippen LogP contribution is -2.10. The second-order valence-corrected chi connectivity index (χ2v) is 5.57. The summed E-state index contributed by atoms with van der Waals surface area (Å²) in [6.45, 7) is 4.20. The van der Waals surface area contributed by atoms with Gasteiger partial charge in [0.25, 0.3) is 0 Å². The van der Waals surface area contributed by atoms with E-state index in [1.165, 1.54) is 10.1 Å². The Labute approximate surface area is 114 Å². The number of benzene rings is 1. The fourth-order valence-electron chi connectivity index (χ4n) is 1.67. The van der Waals surface area contributed by atoms with Crippen molar-refractivity contribution in [1.82, 2.24) is 4.57 Å². The molecule has 0 atom stereocenters. The van der Waals surface area contributed by atoms with Crippen molar-refractivity contribution in [2.24, 2.45) is 0 Å². The summed E-state index contributed by atoms with van der Waals surface area (Å²) in [6.07, 6.45) is 0.605. The molecule has 5 heteroatoms. The summed E-state index contributed by atoms with van der Waals surface area (Å²) in [6, 6.07) is 7.59. The van der Waals surface area contributed by atoms with Gasteiger partial charge in [0.2, 0.25) is 0 Å².